The number of guanidine groups is 1. The summed E-state index contributed by atoms with van der Waals surface area (Å²) in [5.74, 6) is 3.30. The highest BCUT2D eigenvalue weighted by Crippen LogP contribution is 2.44. The van der Waals surface area contributed by atoms with Gasteiger partial charge in [0.25, 0.3) is 0 Å². The third kappa shape index (κ3) is 6.76. The number of halogens is 1. The summed E-state index contributed by atoms with van der Waals surface area (Å²) in [5.41, 5.74) is 0. The minimum atomic E-state index is 0. The van der Waals surface area contributed by atoms with E-state index in [0.717, 1.165) is 36.7 Å². The van der Waals surface area contributed by atoms with Gasteiger partial charge in [-0.05, 0) is 49.9 Å². The summed E-state index contributed by atoms with van der Waals surface area (Å²) in [5, 5.41) is 7.02. The fourth-order valence-electron chi connectivity index (χ4n) is 3.75. The van der Waals surface area contributed by atoms with Gasteiger partial charge in [0, 0.05) is 26.7 Å². The van der Waals surface area contributed by atoms with Crippen LogP contribution in [0.15, 0.2) is 4.99 Å². The van der Waals surface area contributed by atoms with E-state index in [1.54, 1.807) is 19.0 Å². The minimum Gasteiger partial charge on any atom is -0.356 e. The lowest BCUT2D eigenvalue weighted by Crippen LogP contribution is -2.46. The van der Waals surface area contributed by atoms with Crippen molar-refractivity contribution in [3.05, 3.63) is 0 Å². The van der Waals surface area contributed by atoms with Gasteiger partial charge < -0.3 is 15.5 Å². The standard InChI is InChI=1S/C18H34N4O.HI/c1-13(2)6-5-9-19-18(20-12-17(23)22(3)4)21-16-11-14-7-8-15(16)10-14;/h13-16H,5-12H2,1-4H3,(H2,19,20,21);1H. The van der Waals surface area contributed by atoms with Crippen LogP contribution in [0.1, 0.15) is 52.4 Å². The third-order valence-electron chi connectivity index (χ3n) is 5.18. The van der Waals surface area contributed by atoms with E-state index in [1.165, 1.54) is 32.1 Å². The van der Waals surface area contributed by atoms with Crippen molar-refractivity contribution in [1.82, 2.24) is 15.5 Å². The first-order chi connectivity index (χ1) is 11.0. The molecule has 5 nitrogen and oxygen atoms in total. The summed E-state index contributed by atoms with van der Waals surface area (Å²) >= 11 is 0. The zero-order chi connectivity index (χ0) is 16.8. The summed E-state index contributed by atoms with van der Waals surface area (Å²) < 4.78 is 0. The predicted octanol–water partition coefficient (Wildman–Crippen LogP) is 2.85. The number of amides is 1. The molecule has 0 aromatic carbocycles. The number of likely N-dealkylation sites (N-methyl/N-ethyl adjacent to an activating group) is 1. The Morgan fingerprint density at radius 1 is 1.25 bits per heavy atom. The third-order valence-corrected chi connectivity index (χ3v) is 5.18. The smallest absolute Gasteiger partial charge is 0.243 e. The molecule has 2 aliphatic carbocycles. The molecule has 140 valence electrons. The number of carbonyl (C=O) groups is 1. The SMILES string of the molecule is CC(C)CCCNC(=NCC(=O)N(C)C)NC1CC2CCC1C2.I. The Labute approximate surface area is 164 Å². The second-order valence-corrected chi connectivity index (χ2v) is 7.84. The van der Waals surface area contributed by atoms with Crippen LogP contribution >= 0.6 is 24.0 Å². The average Bonchev–Trinajstić information content (AvgIpc) is 3.10. The summed E-state index contributed by atoms with van der Waals surface area (Å²) in [6.07, 6.45) is 7.73. The van der Waals surface area contributed by atoms with Crippen LogP contribution in [0, 0.1) is 17.8 Å². The lowest BCUT2D eigenvalue weighted by molar-refractivity contribution is -0.127. The van der Waals surface area contributed by atoms with Gasteiger partial charge in [0.15, 0.2) is 5.96 Å². The lowest BCUT2D eigenvalue weighted by Gasteiger charge is -2.25. The molecule has 2 aliphatic rings. The van der Waals surface area contributed by atoms with E-state index in [0.29, 0.717) is 6.04 Å². The van der Waals surface area contributed by atoms with Crippen molar-refractivity contribution in [3.63, 3.8) is 0 Å². The van der Waals surface area contributed by atoms with Crippen LogP contribution in [0.4, 0.5) is 0 Å². The minimum absolute atomic E-state index is 0. The van der Waals surface area contributed by atoms with Gasteiger partial charge in [-0.15, -0.1) is 24.0 Å². The van der Waals surface area contributed by atoms with Crippen LogP contribution in [-0.2, 0) is 4.79 Å². The molecule has 0 heterocycles. The Morgan fingerprint density at radius 2 is 2.00 bits per heavy atom. The zero-order valence-electron chi connectivity index (χ0n) is 15.7. The fourth-order valence-corrected chi connectivity index (χ4v) is 3.75. The van der Waals surface area contributed by atoms with Crippen molar-refractivity contribution in [2.75, 3.05) is 27.2 Å². The molecular weight excluding hydrogens is 415 g/mol. The van der Waals surface area contributed by atoms with Gasteiger partial charge in [-0.3, -0.25) is 4.79 Å². The Bertz CT molecular complexity index is 425. The molecule has 6 heteroatoms. The Morgan fingerprint density at radius 3 is 2.54 bits per heavy atom. The van der Waals surface area contributed by atoms with Gasteiger partial charge in [0.05, 0.1) is 0 Å². The monoisotopic (exact) mass is 450 g/mol. The number of hydrogen-bond donors (Lipinski definition) is 2. The number of nitrogens with zero attached hydrogens (tertiary/aromatic N) is 2. The molecule has 0 aliphatic heterocycles. The highest BCUT2D eigenvalue weighted by molar-refractivity contribution is 14.0. The fraction of sp³-hybridized carbons (Fsp3) is 0.889. The molecule has 0 aromatic heterocycles. The maximum absolute atomic E-state index is 11.8. The molecule has 2 bridgehead atoms. The quantitative estimate of drug-likeness (QED) is 0.272. The van der Waals surface area contributed by atoms with Crippen LogP contribution in [-0.4, -0.2) is 50.0 Å². The van der Waals surface area contributed by atoms with Crippen LogP contribution in [0.2, 0.25) is 0 Å². The molecule has 0 aromatic rings. The summed E-state index contributed by atoms with van der Waals surface area (Å²) in [6, 6.07) is 0.541. The van der Waals surface area contributed by atoms with Gasteiger partial charge >= 0.3 is 0 Å². The van der Waals surface area contributed by atoms with Crippen LogP contribution in [0.25, 0.3) is 0 Å². The van der Waals surface area contributed by atoms with Crippen molar-refractivity contribution in [2.45, 2.75) is 58.4 Å². The molecule has 0 saturated heterocycles. The van der Waals surface area contributed by atoms with Gasteiger partial charge in [-0.2, -0.15) is 0 Å². The maximum atomic E-state index is 11.8. The molecule has 3 unspecified atom stereocenters. The van der Waals surface area contributed by atoms with E-state index < -0.39 is 0 Å². The first kappa shape index (κ1) is 21.5. The number of hydrogen-bond acceptors (Lipinski definition) is 2. The van der Waals surface area contributed by atoms with E-state index in [-0.39, 0.29) is 36.4 Å². The van der Waals surface area contributed by atoms with Gasteiger partial charge in [0.1, 0.15) is 6.54 Å². The van der Waals surface area contributed by atoms with Gasteiger partial charge in [0.2, 0.25) is 5.91 Å². The highest BCUT2D eigenvalue weighted by atomic mass is 127. The largest absolute Gasteiger partial charge is 0.356 e. The van der Waals surface area contributed by atoms with Crippen molar-refractivity contribution in [2.24, 2.45) is 22.7 Å². The summed E-state index contributed by atoms with van der Waals surface area (Å²) in [7, 11) is 3.55. The van der Waals surface area contributed by atoms with E-state index in [9.17, 15) is 4.79 Å². The van der Waals surface area contributed by atoms with Crippen molar-refractivity contribution >= 4 is 35.8 Å². The molecule has 3 atom stereocenters. The lowest BCUT2D eigenvalue weighted by atomic mass is 9.95. The first-order valence-electron chi connectivity index (χ1n) is 9.20. The molecular formula is C18H35IN4O. The van der Waals surface area contributed by atoms with Gasteiger partial charge in [-0.1, -0.05) is 20.3 Å². The Hall–Kier alpha value is -0.530. The van der Waals surface area contributed by atoms with Crippen molar-refractivity contribution in [1.29, 1.82) is 0 Å². The summed E-state index contributed by atoms with van der Waals surface area (Å²) in [6.45, 7) is 5.63. The molecule has 2 N–H and O–H groups in total. The Balaban J connectivity index is 0.00000288. The van der Waals surface area contributed by atoms with Crippen molar-refractivity contribution in [3.8, 4) is 0 Å². The summed E-state index contributed by atoms with van der Waals surface area (Å²) in [4.78, 5) is 17.9. The normalized spacial score (nSPS) is 25.5. The van der Waals surface area contributed by atoms with Crippen LogP contribution in [0.5, 0.6) is 0 Å². The number of nitrogens with one attached hydrogen (secondary N) is 2. The van der Waals surface area contributed by atoms with E-state index >= 15 is 0 Å². The Kier molecular flexibility index (Phi) is 9.37. The number of fused-ring (bicyclic) bond motifs is 2. The molecule has 2 fully saturated rings. The zero-order valence-corrected chi connectivity index (χ0v) is 18.0. The number of rotatable bonds is 7. The average molecular weight is 450 g/mol. The molecule has 2 saturated carbocycles. The topological polar surface area (TPSA) is 56.7 Å². The van der Waals surface area contributed by atoms with E-state index in [2.05, 4.69) is 29.5 Å². The molecule has 2 rings (SSSR count). The van der Waals surface area contributed by atoms with Crippen LogP contribution in [0.3, 0.4) is 0 Å². The molecule has 24 heavy (non-hydrogen) atoms. The van der Waals surface area contributed by atoms with E-state index in [1.807, 2.05) is 0 Å². The first-order valence-corrected chi connectivity index (χ1v) is 9.20. The highest BCUT2D eigenvalue weighted by Gasteiger charge is 2.39. The second-order valence-electron chi connectivity index (χ2n) is 7.84. The number of carbonyl (C=O) groups excluding carboxylic acids is 1. The number of aliphatic imine (C=N–C) groups is 1. The van der Waals surface area contributed by atoms with Gasteiger partial charge in [-0.25, -0.2) is 4.99 Å². The molecule has 0 radical (unpaired) electrons. The van der Waals surface area contributed by atoms with Crippen LogP contribution < -0.4 is 10.6 Å². The second kappa shape index (κ2) is 10.5. The molecule has 0 spiro atoms. The van der Waals surface area contributed by atoms with Crippen molar-refractivity contribution < 1.29 is 4.79 Å². The molecule has 1 amide bonds. The van der Waals surface area contributed by atoms with E-state index in [4.69, 9.17) is 0 Å². The maximum Gasteiger partial charge on any atom is 0.243 e. The predicted molar refractivity (Wildman–Crippen MR) is 111 cm³/mol.